The zero-order valence-corrected chi connectivity index (χ0v) is 14.1. The zero-order valence-electron chi connectivity index (χ0n) is 13.3. The Labute approximate surface area is 148 Å². The van der Waals surface area contributed by atoms with Gasteiger partial charge in [0.1, 0.15) is 5.69 Å². The molecule has 25 heavy (non-hydrogen) atoms. The third-order valence-corrected chi connectivity index (χ3v) is 4.12. The first-order chi connectivity index (χ1) is 12.0. The van der Waals surface area contributed by atoms with Gasteiger partial charge < -0.3 is 10.3 Å². The second-order valence-corrected chi connectivity index (χ2v) is 5.91. The van der Waals surface area contributed by atoms with Gasteiger partial charge in [0, 0.05) is 11.9 Å². The van der Waals surface area contributed by atoms with Crippen LogP contribution in [0.15, 0.2) is 54.7 Å². The van der Waals surface area contributed by atoms with E-state index in [0.29, 0.717) is 16.0 Å². The highest BCUT2D eigenvalue weighted by Gasteiger charge is 2.18. The van der Waals surface area contributed by atoms with Crippen molar-refractivity contribution in [2.75, 3.05) is 0 Å². The molecule has 0 aliphatic rings. The van der Waals surface area contributed by atoms with Gasteiger partial charge in [-0.05, 0) is 49.0 Å². The molecule has 0 bridgehead atoms. The number of halogens is 2. The molecule has 0 aliphatic carbocycles. The minimum absolute atomic E-state index is 0.325. The highest BCUT2D eigenvalue weighted by Crippen LogP contribution is 2.18. The molecule has 0 fully saturated rings. The molecule has 0 saturated carbocycles. The lowest BCUT2D eigenvalue weighted by molar-refractivity contribution is 0.0933. The topological polar surface area (TPSA) is 49.8 Å². The van der Waals surface area contributed by atoms with Gasteiger partial charge in [0.25, 0.3) is 5.91 Å². The molecule has 3 aromatic rings. The standard InChI is InChI=1S/C18H15F2N3OS/c1-11(12-7-8-14(19)15(20)9-12)22-17(24)16-10-21-18(25)23(16)13-5-3-2-4-6-13/h2-11H,1H3,(H,21,25)(H,22,24). The summed E-state index contributed by atoms with van der Waals surface area (Å²) in [5, 5.41) is 2.77. The van der Waals surface area contributed by atoms with Gasteiger partial charge in [0.15, 0.2) is 16.4 Å². The van der Waals surface area contributed by atoms with E-state index in [1.54, 1.807) is 11.5 Å². The summed E-state index contributed by atoms with van der Waals surface area (Å²) in [4.78, 5) is 15.5. The monoisotopic (exact) mass is 359 g/mol. The third kappa shape index (κ3) is 3.51. The number of rotatable bonds is 4. The Morgan fingerprint density at radius 3 is 2.56 bits per heavy atom. The molecule has 4 nitrogen and oxygen atoms in total. The van der Waals surface area contributed by atoms with Gasteiger partial charge in [-0.15, -0.1) is 0 Å². The van der Waals surface area contributed by atoms with E-state index < -0.39 is 17.7 Å². The lowest BCUT2D eigenvalue weighted by atomic mass is 10.1. The number of hydrogen-bond donors (Lipinski definition) is 2. The number of hydrogen-bond acceptors (Lipinski definition) is 2. The predicted octanol–water partition coefficient (Wildman–Crippen LogP) is 4.30. The number of nitrogens with zero attached hydrogens (tertiary/aromatic N) is 1. The van der Waals surface area contributed by atoms with Crippen LogP contribution in [0.1, 0.15) is 29.0 Å². The van der Waals surface area contributed by atoms with Crippen molar-refractivity contribution in [3.63, 3.8) is 0 Å². The van der Waals surface area contributed by atoms with Crippen LogP contribution >= 0.6 is 12.2 Å². The van der Waals surface area contributed by atoms with Crippen molar-refractivity contribution in [1.29, 1.82) is 0 Å². The van der Waals surface area contributed by atoms with E-state index in [9.17, 15) is 13.6 Å². The van der Waals surface area contributed by atoms with Crippen LogP contribution < -0.4 is 5.32 Å². The first kappa shape index (κ1) is 17.0. The molecule has 3 rings (SSSR count). The van der Waals surface area contributed by atoms with Crippen LogP contribution in [0.4, 0.5) is 8.78 Å². The van der Waals surface area contributed by atoms with Crippen LogP contribution in [-0.4, -0.2) is 15.5 Å². The summed E-state index contributed by atoms with van der Waals surface area (Å²) in [5.41, 5.74) is 1.54. The van der Waals surface area contributed by atoms with Gasteiger partial charge >= 0.3 is 0 Å². The summed E-state index contributed by atoms with van der Waals surface area (Å²) in [7, 11) is 0. The average Bonchev–Trinajstić information content (AvgIpc) is 2.99. The molecule has 7 heteroatoms. The fourth-order valence-electron chi connectivity index (χ4n) is 2.50. The van der Waals surface area contributed by atoms with Crippen LogP contribution in [0.2, 0.25) is 0 Å². The highest BCUT2D eigenvalue weighted by atomic mass is 32.1. The molecule has 1 heterocycles. The van der Waals surface area contributed by atoms with E-state index in [0.717, 1.165) is 17.8 Å². The van der Waals surface area contributed by atoms with Crippen LogP contribution in [0.5, 0.6) is 0 Å². The second kappa shape index (κ2) is 6.98. The number of carbonyl (C=O) groups excluding carboxylic acids is 1. The normalized spacial score (nSPS) is 12.0. The molecule has 128 valence electrons. The molecule has 0 saturated heterocycles. The summed E-state index contributed by atoms with van der Waals surface area (Å²) in [6.07, 6.45) is 1.52. The van der Waals surface area contributed by atoms with Gasteiger partial charge in [0.2, 0.25) is 0 Å². The molecule has 1 unspecified atom stereocenters. The molecule has 1 atom stereocenters. The van der Waals surface area contributed by atoms with E-state index in [1.165, 1.54) is 12.3 Å². The Morgan fingerprint density at radius 1 is 1.16 bits per heavy atom. The van der Waals surface area contributed by atoms with Gasteiger partial charge in [-0.1, -0.05) is 24.3 Å². The van der Waals surface area contributed by atoms with Crippen molar-refractivity contribution in [1.82, 2.24) is 14.9 Å². The number of amides is 1. The lowest BCUT2D eigenvalue weighted by Crippen LogP contribution is -2.28. The van der Waals surface area contributed by atoms with Crippen LogP contribution in [0.25, 0.3) is 5.69 Å². The van der Waals surface area contributed by atoms with Crippen molar-refractivity contribution in [3.05, 3.63) is 82.4 Å². The van der Waals surface area contributed by atoms with Crippen molar-refractivity contribution in [3.8, 4) is 5.69 Å². The number of benzene rings is 2. The van der Waals surface area contributed by atoms with Crippen molar-refractivity contribution in [2.24, 2.45) is 0 Å². The van der Waals surface area contributed by atoms with Gasteiger partial charge in [0.05, 0.1) is 6.04 Å². The third-order valence-electron chi connectivity index (χ3n) is 3.81. The lowest BCUT2D eigenvalue weighted by Gasteiger charge is -2.15. The van der Waals surface area contributed by atoms with Crippen LogP contribution in [0.3, 0.4) is 0 Å². The molecule has 2 aromatic carbocycles. The summed E-state index contributed by atoms with van der Waals surface area (Å²) in [6.45, 7) is 1.69. The smallest absolute Gasteiger partial charge is 0.270 e. The Bertz CT molecular complexity index is 966. The maximum atomic E-state index is 13.4. The fourth-order valence-corrected chi connectivity index (χ4v) is 2.77. The number of nitrogens with one attached hydrogen (secondary N) is 2. The first-order valence-electron chi connectivity index (χ1n) is 7.59. The minimum Gasteiger partial charge on any atom is -0.344 e. The average molecular weight is 359 g/mol. The Hall–Kier alpha value is -2.80. The molecule has 2 N–H and O–H groups in total. The molecule has 0 aliphatic heterocycles. The van der Waals surface area contributed by atoms with Crippen LogP contribution in [-0.2, 0) is 0 Å². The van der Waals surface area contributed by atoms with E-state index in [2.05, 4.69) is 10.3 Å². The van der Waals surface area contributed by atoms with Gasteiger partial charge in [-0.3, -0.25) is 9.36 Å². The Balaban J connectivity index is 1.87. The van der Waals surface area contributed by atoms with Crippen LogP contribution in [0, 0.1) is 16.4 Å². The SMILES string of the molecule is CC(NC(=O)c1c[nH]c(=S)n1-c1ccccc1)c1ccc(F)c(F)c1. The number of aromatic amines is 1. The predicted molar refractivity (Wildman–Crippen MR) is 93.2 cm³/mol. The molecule has 0 radical (unpaired) electrons. The fraction of sp³-hybridized carbons (Fsp3) is 0.111. The molecular weight excluding hydrogens is 344 g/mol. The maximum Gasteiger partial charge on any atom is 0.270 e. The minimum atomic E-state index is -0.951. The Kier molecular flexibility index (Phi) is 4.76. The van der Waals surface area contributed by atoms with E-state index >= 15 is 0 Å². The largest absolute Gasteiger partial charge is 0.344 e. The first-order valence-corrected chi connectivity index (χ1v) is 8.00. The number of H-pyrrole nitrogens is 1. The van der Waals surface area contributed by atoms with Gasteiger partial charge in [-0.2, -0.15) is 0 Å². The number of para-hydroxylation sites is 1. The molecular formula is C18H15F2N3OS. The summed E-state index contributed by atoms with van der Waals surface area (Å²) < 4.78 is 28.4. The highest BCUT2D eigenvalue weighted by molar-refractivity contribution is 7.71. The van der Waals surface area contributed by atoms with Crippen molar-refractivity contribution >= 4 is 18.1 Å². The zero-order chi connectivity index (χ0) is 18.0. The van der Waals surface area contributed by atoms with E-state index in [-0.39, 0.29) is 5.91 Å². The molecule has 1 amide bonds. The summed E-state index contributed by atoms with van der Waals surface area (Å²) in [5.74, 6) is -2.26. The number of imidazole rings is 1. The molecule has 0 spiro atoms. The number of aromatic nitrogens is 2. The maximum absolute atomic E-state index is 13.4. The number of carbonyl (C=O) groups is 1. The summed E-state index contributed by atoms with van der Waals surface area (Å²) in [6, 6.07) is 12.3. The Morgan fingerprint density at radius 2 is 1.88 bits per heavy atom. The van der Waals surface area contributed by atoms with Gasteiger partial charge in [-0.25, -0.2) is 8.78 Å². The second-order valence-electron chi connectivity index (χ2n) is 5.52. The quantitative estimate of drug-likeness (QED) is 0.682. The van der Waals surface area contributed by atoms with E-state index in [4.69, 9.17) is 12.2 Å². The molecule has 1 aromatic heterocycles. The summed E-state index contributed by atoms with van der Waals surface area (Å²) >= 11 is 5.25. The van der Waals surface area contributed by atoms with Crippen molar-refractivity contribution < 1.29 is 13.6 Å². The van der Waals surface area contributed by atoms with E-state index in [1.807, 2.05) is 30.3 Å². The van der Waals surface area contributed by atoms with Crippen molar-refractivity contribution in [2.45, 2.75) is 13.0 Å².